The molecule has 3 nitrogen and oxygen atoms in total. The summed E-state index contributed by atoms with van der Waals surface area (Å²) < 4.78 is 5.04. The minimum absolute atomic E-state index is 0.0693. The Labute approximate surface area is 97.2 Å². The summed E-state index contributed by atoms with van der Waals surface area (Å²) in [6.07, 6.45) is 0.791. The molecule has 0 aliphatic heterocycles. The summed E-state index contributed by atoms with van der Waals surface area (Å²) in [4.78, 5) is 0. The van der Waals surface area contributed by atoms with Gasteiger partial charge in [0.15, 0.2) is 0 Å². The van der Waals surface area contributed by atoms with E-state index in [-0.39, 0.29) is 12.5 Å². The minimum Gasteiger partial charge on any atom is -0.385 e. The summed E-state index contributed by atoms with van der Waals surface area (Å²) in [5, 5.41) is 10.6. The SMILES string of the molecule is COCCC(C)C(O)(CN)c1ccccc1. The van der Waals surface area contributed by atoms with E-state index in [1.807, 2.05) is 37.3 Å². The van der Waals surface area contributed by atoms with Gasteiger partial charge in [0.1, 0.15) is 5.60 Å². The highest BCUT2D eigenvalue weighted by molar-refractivity contribution is 5.23. The number of nitrogens with two attached hydrogens (primary N) is 1. The van der Waals surface area contributed by atoms with Crippen molar-refractivity contribution in [3.05, 3.63) is 35.9 Å². The van der Waals surface area contributed by atoms with Crippen LogP contribution in [-0.4, -0.2) is 25.4 Å². The van der Waals surface area contributed by atoms with E-state index in [0.29, 0.717) is 6.61 Å². The zero-order chi connectivity index (χ0) is 12.0. The summed E-state index contributed by atoms with van der Waals surface area (Å²) in [6, 6.07) is 9.59. The molecule has 0 saturated heterocycles. The van der Waals surface area contributed by atoms with Gasteiger partial charge >= 0.3 is 0 Å². The second-order valence-corrected chi connectivity index (χ2v) is 4.18. The van der Waals surface area contributed by atoms with Crippen molar-refractivity contribution in [2.75, 3.05) is 20.3 Å². The largest absolute Gasteiger partial charge is 0.385 e. The highest BCUT2D eigenvalue weighted by Crippen LogP contribution is 2.30. The standard InChI is InChI=1S/C13H21NO2/c1-11(8-9-16-2)13(15,10-14)12-6-4-3-5-7-12/h3-7,11,15H,8-10,14H2,1-2H3. The van der Waals surface area contributed by atoms with Crippen LogP contribution in [0.1, 0.15) is 18.9 Å². The van der Waals surface area contributed by atoms with Crippen LogP contribution >= 0.6 is 0 Å². The Morgan fingerprint density at radius 3 is 2.50 bits per heavy atom. The molecule has 0 aromatic heterocycles. The Kier molecular flexibility index (Phi) is 4.93. The molecule has 1 aromatic rings. The van der Waals surface area contributed by atoms with Gasteiger partial charge in [0.2, 0.25) is 0 Å². The topological polar surface area (TPSA) is 55.5 Å². The van der Waals surface area contributed by atoms with Crippen molar-refractivity contribution in [3.8, 4) is 0 Å². The van der Waals surface area contributed by atoms with E-state index < -0.39 is 5.60 Å². The first kappa shape index (κ1) is 13.2. The third kappa shape index (κ3) is 2.82. The summed E-state index contributed by atoms with van der Waals surface area (Å²) in [5.41, 5.74) is 5.64. The second-order valence-electron chi connectivity index (χ2n) is 4.18. The van der Waals surface area contributed by atoms with Gasteiger partial charge < -0.3 is 15.6 Å². The number of aliphatic hydroxyl groups is 1. The maximum atomic E-state index is 10.6. The van der Waals surface area contributed by atoms with Crippen LogP contribution in [0, 0.1) is 5.92 Å². The first-order valence-electron chi connectivity index (χ1n) is 5.62. The Bertz CT molecular complexity index is 302. The van der Waals surface area contributed by atoms with Gasteiger partial charge in [-0.2, -0.15) is 0 Å². The lowest BCUT2D eigenvalue weighted by Gasteiger charge is -2.33. The molecule has 0 fully saturated rings. The van der Waals surface area contributed by atoms with Gasteiger partial charge in [0.25, 0.3) is 0 Å². The van der Waals surface area contributed by atoms with Crippen LogP contribution in [0.25, 0.3) is 0 Å². The van der Waals surface area contributed by atoms with E-state index >= 15 is 0 Å². The Morgan fingerprint density at radius 2 is 2.00 bits per heavy atom. The fraction of sp³-hybridized carbons (Fsp3) is 0.538. The van der Waals surface area contributed by atoms with Crippen molar-refractivity contribution in [1.29, 1.82) is 0 Å². The number of hydrogen-bond donors (Lipinski definition) is 2. The van der Waals surface area contributed by atoms with E-state index in [2.05, 4.69) is 0 Å². The number of benzene rings is 1. The van der Waals surface area contributed by atoms with Gasteiger partial charge in [0.05, 0.1) is 0 Å². The van der Waals surface area contributed by atoms with Gasteiger partial charge in [-0.3, -0.25) is 0 Å². The number of rotatable bonds is 6. The van der Waals surface area contributed by atoms with Gasteiger partial charge in [-0.1, -0.05) is 37.3 Å². The molecule has 16 heavy (non-hydrogen) atoms. The predicted molar refractivity (Wildman–Crippen MR) is 65.1 cm³/mol. The molecule has 0 heterocycles. The molecule has 0 amide bonds. The maximum Gasteiger partial charge on any atom is 0.104 e. The van der Waals surface area contributed by atoms with Crippen LogP contribution in [0.5, 0.6) is 0 Å². The average Bonchev–Trinajstić information content (AvgIpc) is 2.35. The lowest BCUT2D eigenvalue weighted by Crippen LogP contribution is -2.41. The van der Waals surface area contributed by atoms with Crippen LogP contribution in [-0.2, 0) is 10.3 Å². The van der Waals surface area contributed by atoms with Gasteiger partial charge in [-0.05, 0) is 17.9 Å². The second kappa shape index (κ2) is 5.99. The normalized spacial score (nSPS) is 16.8. The number of ether oxygens (including phenoxy) is 1. The maximum absolute atomic E-state index is 10.6. The Hall–Kier alpha value is -0.900. The predicted octanol–water partition coefficient (Wildman–Crippen LogP) is 1.51. The van der Waals surface area contributed by atoms with Crippen molar-refractivity contribution in [1.82, 2.24) is 0 Å². The van der Waals surface area contributed by atoms with Gasteiger partial charge in [-0.25, -0.2) is 0 Å². The van der Waals surface area contributed by atoms with Crippen molar-refractivity contribution in [2.45, 2.75) is 18.9 Å². The first-order valence-corrected chi connectivity index (χ1v) is 5.62. The van der Waals surface area contributed by atoms with E-state index in [9.17, 15) is 5.11 Å². The summed E-state index contributed by atoms with van der Waals surface area (Å²) in [6.45, 7) is 2.86. The first-order chi connectivity index (χ1) is 7.65. The minimum atomic E-state index is -0.959. The quantitative estimate of drug-likeness (QED) is 0.768. The zero-order valence-corrected chi connectivity index (χ0v) is 10.0. The molecule has 0 bridgehead atoms. The molecule has 0 aliphatic carbocycles. The molecule has 0 radical (unpaired) electrons. The molecule has 1 aromatic carbocycles. The van der Waals surface area contributed by atoms with Crippen molar-refractivity contribution in [3.63, 3.8) is 0 Å². The monoisotopic (exact) mass is 223 g/mol. The molecule has 3 N–H and O–H groups in total. The van der Waals surface area contributed by atoms with Crippen LogP contribution < -0.4 is 5.73 Å². The van der Waals surface area contributed by atoms with Crippen LogP contribution in [0.15, 0.2) is 30.3 Å². The van der Waals surface area contributed by atoms with Crippen LogP contribution in [0.3, 0.4) is 0 Å². The van der Waals surface area contributed by atoms with Crippen molar-refractivity contribution >= 4 is 0 Å². The van der Waals surface area contributed by atoms with Crippen molar-refractivity contribution in [2.24, 2.45) is 11.7 Å². The molecule has 0 saturated carbocycles. The molecule has 90 valence electrons. The number of hydrogen-bond acceptors (Lipinski definition) is 3. The van der Waals surface area contributed by atoms with Gasteiger partial charge in [-0.15, -0.1) is 0 Å². The highest BCUT2D eigenvalue weighted by atomic mass is 16.5. The third-order valence-electron chi connectivity index (χ3n) is 3.16. The van der Waals surface area contributed by atoms with E-state index in [4.69, 9.17) is 10.5 Å². The summed E-state index contributed by atoms with van der Waals surface area (Å²) >= 11 is 0. The summed E-state index contributed by atoms with van der Waals surface area (Å²) in [5.74, 6) is 0.0693. The highest BCUT2D eigenvalue weighted by Gasteiger charge is 2.33. The Balaban J connectivity index is 2.84. The molecule has 3 heteroatoms. The molecule has 0 aliphatic rings. The molecule has 2 atom stereocenters. The lowest BCUT2D eigenvalue weighted by atomic mass is 9.81. The van der Waals surface area contributed by atoms with Gasteiger partial charge in [0, 0.05) is 20.3 Å². The molecular weight excluding hydrogens is 202 g/mol. The van der Waals surface area contributed by atoms with E-state index in [1.54, 1.807) is 7.11 Å². The summed E-state index contributed by atoms with van der Waals surface area (Å²) in [7, 11) is 1.66. The molecule has 2 unspecified atom stereocenters. The van der Waals surface area contributed by atoms with Crippen LogP contribution in [0.2, 0.25) is 0 Å². The van der Waals surface area contributed by atoms with Crippen LogP contribution in [0.4, 0.5) is 0 Å². The molecule has 0 spiro atoms. The smallest absolute Gasteiger partial charge is 0.104 e. The number of methoxy groups -OCH3 is 1. The molecular formula is C13H21NO2. The Morgan fingerprint density at radius 1 is 1.38 bits per heavy atom. The lowest BCUT2D eigenvalue weighted by molar-refractivity contribution is -0.0197. The van der Waals surface area contributed by atoms with Crippen molar-refractivity contribution < 1.29 is 9.84 Å². The fourth-order valence-corrected chi connectivity index (χ4v) is 1.86. The van der Waals surface area contributed by atoms with E-state index in [1.165, 1.54) is 0 Å². The third-order valence-corrected chi connectivity index (χ3v) is 3.16. The zero-order valence-electron chi connectivity index (χ0n) is 10.0. The average molecular weight is 223 g/mol. The molecule has 1 rings (SSSR count). The van der Waals surface area contributed by atoms with E-state index in [0.717, 1.165) is 12.0 Å². The fourth-order valence-electron chi connectivity index (χ4n) is 1.86.